The second-order valence-corrected chi connectivity index (χ2v) is 4.65. The van der Waals surface area contributed by atoms with Crippen LogP contribution in [-0.4, -0.2) is 19.1 Å². The third-order valence-corrected chi connectivity index (χ3v) is 2.88. The van der Waals surface area contributed by atoms with E-state index in [-0.39, 0.29) is 12.0 Å². The van der Waals surface area contributed by atoms with Gasteiger partial charge in [-0.05, 0) is 25.5 Å². The summed E-state index contributed by atoms with van der Waals surface area (Å²) in [5, 5.41) is 3.18. The third-order valence-electron chi connectivity index (χ3n) is 2.15. The molecule has 0 fully saturated rings. The molecule has 0 radical (unpaired) electrons. The normalized spacial score (nSPS) is 12.6. The van der Waals surface area contributed by atoms with E-state index in [1.165, 1.54) is 7.11 Å². The highest BCUT2D eigenvalue weighted by Gasteiger charge is 2.23. The van der Waals surface area contributed by atoms with Crippen LogP contribution in [0.15, 0.2) is 28.7 Å². The Kier molecular flexibility index (Phi) is 4.96. The Morgan fingerprint density at radius 3 is 2.50 bits per heavy atom. The van der Waals surface area contributed by atoms with Crippen LogP contribution in [0.3, 0.4) is 0 Å². The second kappa shape index (κ2) is 6.01. The molecule has 0 aromatic heterocycles. The molecule has 0 aliphatic heterocycles. The molecule has 4 heteroatoms. The minimum atomic E-state index is -0.430. The zero-order valence-corrected chi connectivity index (χ0v) is 11.2. The lowest BCUT2D eigenvalue weighted by molar-refractivity contribution is -0.143. The first-order valence-electron chi connectivity index (χ1n) is 5.14. The average Bonchev–Trinajstić information content (AvgIpc) is 2.26. The molecule has 88 valence electrons. The van der Waals surface area contributed by atoms with Gasteiger partial charge in [-0.3, -0.25) is 5.32 Å². The molecule has 1 atom stereocenters. The molecule has 0 spiro atoms. The maximum atomic E-state index is 11.7. The summed E-state index contributed by atoms with van der Waals surface area (Å²) in [6, 6.07) is 7.40. The molecule has 16 heavy (non-hydrogen) atoms. The Morgan fingerprint density at radius 1 is 1.38 bits per heavy atom. The Hall–Kier alpha value is -0.870. The number of methoxy groups -OCH3 is 1. The lowest BCUT2D eigenvalue weighted by Gasteiger charge is -2.20. The minimum absolute atomic E-state index is 0.205. The highest BCUT2D eigenvalue weighted by atomic mass is 79.9. The van der Waals surface area contributed by atoms with E-state index in [0.717, 1.165) is 10.0 Å². The highest BCUT2D eigenvalue weighted by molar-refractivity contribution is 9.10. The summed E-state index contributed by atoms with van der Waals surface area (Å²) in [6.45, 7) is 3.99. The number of hydrogen-bond acceptors (Lipinski definition) is 3. The van der Waals surface area contributed by atoms with Crippen molar-refractivity contribution < 1.29 is 9.53 Å². The van der Waals surface area contributed by atoms with Crippen LogP contribution in [0.5, 0.6) is 0 Å². The van der Waals surface area contributed by atoms with E-state index in [0.29, 0.717) is 0 Å². The molecule has 3 nitrogen and oxygen atoms in total. The van der Waals surface area contributed by atoms with Crippen molar-refractivity contribution in [3.05, 3.63) is 34.3 Å². The zero-order chi connectivity index (χ0) is 12.1. The van der Waals surface area contributed by atoms with E-state index in [4.69, 9.17) is 4.74 Å². The fourth-order valence-electron chi connectivity index (χ4n) is 1.45. The SMILES string of the molecule is COC(=O)C(NC(C)C)c1ccccc1Br. The van der Waals surface area contributed by atoms with Crippen molar-refractivity contribution in [2.45, 2.75) is 25.9 Å². The van der Waals surface area contributed by atoms with Gasteiger partial charge in [0.15, 0.2) is 0 Å². The van der Waals surface area contributed by atoms with Crippen LogP contribution in [0, 0.1) is 0 Å². The van der Waals surface area contributed by atoms with E-state index >= 15 is 0 Å². The second-order valence-electron chi connectivity index (χ2n) is 3.80. The number of ether oxygens (including phenoxy) is 1. The van der Waals surface area contributed by atoms with Crippen LogP contribution < -0.4 is 5.32 Å². The van der Waals surface area contributed by atoms with Crippen molar-refractivity contribution in [1.82, 2.24) is 5.32 Å². The largest absolute Gasteiger partial charge is 0.468 e. The molecule has 1 rings (SSSR count). The Bertz CT molecular complexity index is 366. The molecule has 0 saturated carbocycles. The van der Waals surface area contributed by atoms with Gasteiger partial charge in [0, 0.05) is 10.5 Å². The number of halogens is 1. The molecule has 0 heterocycles. The van der Waals surface area contributed by atoms with Crippen LogP contribution in [0.1, 0.15) is 25.5 Å². The molecular weight excluding hydrogens is 270 g/mol. The standard InChI is InChI=1S/C12H16BrNO2/c1-8(2)14-11(12(15)16-3)9-6-4-5-7-10(9)13/h4-8,11,14H,1-3H3. The smallest absolute Gasteiger partial charge is 0.327 e. The van der Waals surface area contributed by atoms with Gasteiger partial charge in [0.2, 0.25) is 0 Å². The number of carbonyl (C=O) groups excluding carboxylic acids is 1. The summed E-state index contributed by atoms with van der Waals surface area (Å²) in [5.74, 6) is -0.277. The van der Waals surface area contributed by atoms with Crippen molar-refractivity contribution in [2.75, 3.05) is 7.11 Å². The van der Waals surface area contributed by atoms with Gasteiger partial charge in [-0.2, -0.15) is 0 Å². The molecule has 0 bridgehead atoms. The first-order chi connectivity index (χ1) is 7.56. The Morgan fingerprint density at radius 2 is 2.00 bits per heavy atom. The number of carbonyl (C=O) groups is 1. The van der Waals surface area contributed by atoms with Crippen molar-refractivity contribution in [3.63, 3.8) is 0 Å². The van der Waals surface area contributed by atoms with Crippen molar-refractivity contribution in [3.8, 4) is 0 Å². The fraction of sp³-hybridized carbons (Fsp3) is 0.417. The molecular formula is C12H16BrNO2. The number of rotatable bonds is 4. The molecule has 1 unspecified atom stereocenters. The average molecular weight is 286 g/mol. The van der Waals surface area contributed by atoms with Crippen LogP contribution in [0.4, 0.5) is 0 Å². The summed E-state index contributed by atoms with van der Waals surface area (Å²) in [6.07, 6.45) is 0. The first kappa shape index (κ1) is 13.2. The molecule has 0 aliphatic carbocycles. The predicted octanol–water partition coefficient (Wildman–Crippen LogP) is 2.66. The maximum absolute atomic E-state index is 11.7. The van der Waals surface area contributed by atoms with Crippen LogP contribution in [0.25, 0.3) is 0 Å². The monoisotopic (exact) mass is 285 g/mol. The first-order valence-corrected chi connectivity index (χ1v) is 5.94. The van der Waals surface area contributed by atoms with Crippen LogP contribution >= 0.6 is 15.9 Å². The molecule has 1 N–H and O–H groups in total. The van der Waals surface area contributed by atoms with Gasteiger partial charge in [-0.25, -0.2) is 4.79 Å². The summed E-state index contributed by atoms with van der Waals surface area (Å²) >= 11 is 3.44. The van der Waals surface area contributed by atoms with E-state index in [1.54, 1.807) is 0 Å². The molecule has 0 saturated heterocycles. The van der Waals surface area contributed by atoms with Gasteiger partial charge in [0.25, 0.3) is 0 Å². The van der Waals surface area contributed by atoms with Gasteiger partial charge in [0.1, 0.15) is 6.04 Å². The molecule has 0 amide bonds. The molecule has 1 aromatic rings. The predicted molar refractivity (Wildman–Crippen MR) is 67.2 cm³/mol. The quantitative estimate of drug-likeness (QED) is 0.865. The number of hydrogen-bond donors (Lipinski definition) is 1. The number of benzene rings is 1. The number of esters is 1. The van der Waals surface area contributed by atoms with Crippen molar-refractivity contribution in [1.29, 1.82) is 0 Å². The Labute approximate surface area is 104 Å². The van der Waals surface area contributed by atoms with E-state index in [2.05, 4.69) is 21.2 Å². The van der Waals surface area contributed by atoms with Crippen LogP contribution in [-0.2, 0) is 9.53 Å². The van der Waals surface area contributed by atoms with Gasteiger partial charge in [-0.1, -0.05) is 34.1 Å². The summed E-state index contributed by atoms with van der Waals surface area (Å²) in [7, 11) is 1.40. The van der Waals surface area contributed by atoms with Crippen molar-refractivity contribution in [2.24, 2.45) is 0 Å². The highest BCUT2D eigenvalue weighted by Crippen LogP contribution is 2.24. The summed E-state index contributed by atoms with van der Waals surface area (Å²) < 4.78 is 5.70. The summed E-state index contributed by atoms with van der Waals surface area (Å²) in [5.41, 5.74) is 0.892. The summed E-state index contributed by atoms with van der Waals surface area (Å²) in [4.78, 5) is 11.7. The van der Waals surface area contributed by atoms with Gasteiger partial charge in [0.05, 0.1) is 7.11 Å². The Balaban J connectivity index is 3.01. The lowest BCUT2D eigenvalue weighted by Crippen LogP contribution is -2.34. The number of nitrogens with one attached hydrogen (secondary N) is 1. The van der Waals surface area contributed by atoms with Crippen LogP contribution in [0.2, 0.25) is 0 Å². The van der Waals surface area contributed by atoms with E-state index < -0.39 is 6.04 Å². The van der Waals surface area contributed by atoms with Gasteiger partial charge >= 0.3 is 5.97 Å². The lowest BCUT2D eigenvalue weighted by atomic mass is 10.1. The van der Waals surface area contributed by atoms with Gasteiger partial charge < -0.3 is 4.74 Å². The van der Waals surface area contributed by atoms with Gasteiger partial charge in [-0.15, -0.1) is 0 Å². The fourth-order valence-corrected chi connectivity index (χ4v) is 1.96. The molecule has 0 aliphatic rings. The van der Waals surface area contributed by atoms with Crippen molar-refractivity contribution >= 4 is 21.9 Å². The maximum Gasteiger partial charge on any atom is 0.327 e. The minimum Gasteiger partial charge on any atom is -0.468 e. The van der Waals surface area contributed by atoms with E-state index in [9.17, 15) is 4.79 Å². The topological polar surface area (TPSA) is 38.3 Å². The van der Waals surface area contributed by atoms with E-state index in [1.807, 2.05) is 38.1 Å². The third kappa shape index (κ3) is 3.32. The molecule has 1 aromatic carbocycles. The zero-order valence-electron chi connectivity index (χ0n) is 9.66.